The van der Waals surface area contributed by atoms with Gasteiger partial charge in [-0.1, -0.05) is 13.3 Å². The van der Waals surface area contributed by atoms with Crippen LogP contribution in [0.15, 0.2) is 0 Å². The number of hydrogen-bond donors (Lipinski definition) is 2. The van der Waals surface area contributed by atoms with Crippen molar-refractivity contribution in [2.45, 2.75) is 31.9 Å². The molecule has 0 saturated carbocycles. The van der Waals surface area contributed by atoms with Crippen LogP contribution in [0.3, 0.4) is 0 Å². The Balaban J connectivity index is 3.76. The SMILES string of the molecule is CCC[C@H](N)C(=O)NCC(COC)OC. The van der Waals surface area contributed by atoms with E-state index in [1.165, 1.54) is 0 Å². The van der Waals surface area contributed by atoms with E-state index in [0.717, 1.165) is 6.42 Å². The molecule has 0 radical (unpaired) electrons. The van der Waals surface area contributed by atoms with Gasteiger partial charge in [-0.3, -0.25) is 4.79 Å². The van der Waals surface area contributed by atoms with E-state index < -0.39 is 6.04 Å². The van der Waals surface area contributed by atoms with Crippen LogP contribution in [-0.4, -0.2) is 45.4 Å². The molecule has 0 aliphatic carbocycles. The number of nitrogens with one attached hydrogen (secondary N) is 1. The lowest BCUT2D eigenvalue weighted by molar-refractivity contribution is -0.123. The van der Waals surface area contributed by atoms with Gasteiger partial charge in [-0.2, -0.15) is 0 Å². The van der Waals surface area contributed by atoms with Crippen molar-refractivity contribution in [3.05, 3.63) is 0 Å². The molecule has 0 aromatic rings. The molecule has 0 saturated heterocycles. The average molecular weight is 218 g/mol. The van der Waals surface area contributed by atoms with Crippen LogP contribution in [-0.2, 0) is 14.3 Å². The fraction of sp³-hybridized carbons (Fsp3) is 0.900. The van der Waals surface area contributed by atoms with Crippen molar-refractivity contribution in [1.82, 2.24) is 5.32 Å². The van der Waals surface area contributed by atoms with Gasteiger partial charge in [-0.15, -0.1) is 0 Å². The smallest absolute Gasteiger partial charge is 0.237 e. The molecule has 1 unspecified atom stereocenters. The third-order valence-corrected chi connectivity index (χ3v) is 2.13. The van der Waals surface area contributed by atoms with E-state index in [1.54, 1.807) is 14.2 Å². The second-order valence-corrected chi connectivity index (χ2v) is 3.45. The first-order chi connectivity index (χ1) is 7.15. The second-order valence-electron chi connectivity index (χ2n) is 3.45. The zero-order valence-electron chi connectivity index (χ0n) is 9.79. The third-order valence-electron chi connectivity index (χ3n) is 2.13. The van der Waals surface area contributed by atoms with Gasteiger partial charge < -0.3 is 20.5 Å². The van der Waals surface area contributed by atoms with E-state index in [2.05, 4.69) is 5.32 Å². The van der Waals surface area contributed by atoms with E-state index in [4.69, 9.17) is 15.2 Å². The summed E-state index contributed by atoms with van der Waals surface area (Å²) in [7, 11) is 3.18. The largest absolute Gasteiger partial charge is 0.382 e. The van der Waals surface area contributed by atoms with Crippen molar-refractivity contribution in [3.63, 3.8) is 0 Å². The van der Waals surface area contributed by atoms with Crippen molar-refractivity contribution in [2.24, 2.45) is 5.73 Å². The Kier molecular flexibility index (Phi) is 8.27. The predicted octanol–water partition coefficient (Wildman–Crippen LogP) is -0.109. The summed E-state index contributed by atoms with van der Waals surface area (Å²) in [4.78, 5) is 11.4. The Morgan fingerprint density at radius 2 is 2.13 bits per heavy atom. The summed E-state index contributed by atoms with van der Waals surface area (Å²) in [5, 5.41) is 2.73. The summed E-state index contributed by atoms with van der Waals surface area (Å²) >= 11 is 0. The Morgan fingerprint density at radius 1 is 1.47 bits per heavy atom. The molecule has 3 N–H and O–H groups in total. The highest BCUT2D eigenvalue weighted by Gasteiger charge is 2.14. The molecule has 0 aromatic carbocycles. The van der Waals surface area contributed by atoms with Gasteiger partial charge in [-0.25, -0.2) is 0 Å². The van der Waals surface area contributed by atoms with Crippen molar-refractivity contribution in [2.75, 3.05) is 27.4 Å². The molecule has 0 spiro atoms. The molecule has 0 fully saturated rings. The number of rotatable bonds is 8. The summed E-state index contributed by atoms with van der Waals surface area (Å²) in [5.41, 5.74) is 5.65. The number of amides is 1. The highest BCUT2D eigenvalue weighted by molar-refractivity contribution is 5.81. The lowest BCUT2D eigenvalue weighted by atomic mass is 10.1. The quantitative estimate of drug-likeness (QED) is 0.596. The molecule has 0 rings (SSSR count). The van der Waals surface area contributed by atoms with Crippen LogP contribution in [0.25, 0.3) is 0 Å². The van der Waals surface area contributed by atoms with Gasteiger partial charge in [0.05, 0.1) is 18.8 Å². The van der Waals surface area contributed by atoms with Crippen LogP contribution in [0.4, 0.5) is 0 Å². The zero-order chi connectivity index (χ0) is 11.7. The number of carbonyl (C=O) groups excluding carboxylic acids is 1. The average Bonchev–Trinajstić information content (AvgIpc) is 2.24. The van der Waals surface area contributed by atoms with Gasteiger partial charge in [0.2, 0.25) is 5.91 Å². The Bertz CT molecular complexity index is 176. The second kappa shape index (κ2) is 8.64. The molecule has 0 bridgehead atoms. The lowest BCUT2D eigenvalue weighted by Gasteiger charge is -2.17. The van der Waals surface area contributed by atoms with Gasteiger partial charge in [0.15, 0.2) is 0 Å². The third kappa shape index (κ3) is 6.43. The summed E-state index contributed by atoms with van der Waals surface area (Å²) in [6, 6.07) is -0.421. The van der Waals surface area contributed by atoms with Crippen LogP contribution in [0.2, 0.25) is 0 Å². The molecule has 5 heteroatoms. The zero-order valence-corrected chi connectivity index (χ0v) is 9.79. The molecule has 5 nitrogen and oxygen atoms in total. The summed E-state index contributed by atoms with van der Waals surface area (Å²) in [6.07, 6.45) is 1.49. The Hall–Kier alpha value is -0.650. The van der Waals surface area contributed by atoms with E-state index in [-0.39, 0.29) is 12.0 Å². The normalized spacial score (nSPS) is 14.7. The first-order valence-electron chi connectivity index (χ1n) is 5.20. The summed E-state index contributed by atoms with van der Waals surface area (Å²) in [6.45, 7) is 2.89. The van der Waals surface area contributed by atoms with Gasteiger partial charge in [0.25, 0.3) is 0 Å². The maximum absolute atomic E-state index is 11.4. The highest BCUT2D eigenvalue weighted by Crippen LogP contribution is 1.94. The Labute approximate surface area is 91.3 Å². The molecule has 0 aromatic heterocycles. The number of ether oxygens (including phenoxy) is 2. The van der Waals surface area contributed by atoms with Gasteiger partial charge in [0, 0.05) is 20.8 Å². The van der Waals surface area contributed by atoms with Crippen molar-refractivity contribution < 1.29 is 14.3 Å². The van der Waals surface area contributed by atoms with Crippen molar-refractivity contribution in [1.29, 1.82) is 0 Å². The monoisotopic (exact) mass is 218 g/mol. The number of methoxy groups -OCH3 is 2. The standard InChI is InChI=1S/C10H22N2O3/c1-4-5-9(11)10(13)12-6-8(15-3)7-14-2/h8-9H,4-7,11H2,1-3H3,(H,12,13)/t8?,9-/m0/s1. The molecule has 2 atom stereocenters. The fourth-order valence-electron chi connectivity index (χ4n) is 1.18. The van der Waals surface area contributed by atoms with Crippen molar-refractivity contribution >= 4 is 5.91 Å². The minimum atomic E-state index is -0.421. The topological polar surface area (TPSA) is 73.6 Å². The van der Waals surface area contributed by atoms with Crippen LogP contribution in [0.1, 0.15) is 19.8 Å². The van der Waals surface area contributed by atoms with Crippen molar-refractivity contribution in [3.8, 4) is 0 Å². The molecule has 15 heavy (non-hydrogen) atoms. The van der Waals surface area contributed by atoms with E-state index in [1.807, 2.05) is 6.92 Å². The van der Waals surface area contributed by atoms with Crippen LogP contribution in [0.5, 0.6) is 0 Å². The van der Waals surface area contributed by atoms with E-state index >= 15 is 0 Å². The molecular weight excluding hydrogens is 196 g/mol. The molecule has 0 heterocycles. The molecule has 0 aliphatic rings. The molecule has 1 amide bonds. The Morgan fingerprint density at radius 3 is 2.60 bits per heavy atom. The summed E-state index contributed by atoms with van der Waals surface area (Å²) < 4.78 is 10.0. The van der Waals surface area contributed by atoms with Gasteiger partial charge in [-0.05, 0) is 6.42 Å². The van der Waals surface area contributed by atoms with Gasteiger partial charge >= 0.3 is 0 Å². The molecule has 90 valence electrons. The van der Waals surface area contributed by atoms with E-state index in [0.29, 0.717) is 19.6 Å². The lowest BCUT2D eigenvalue weighted by Crippen LogP contribution is -2.44. The summed E-state index contributed by atoms with van der Waals surface area (Å²) in [5.74, 6) is -0.130. The predicted molar refractivity (Wildman–Crippen MR) is 58.6 cm³/mol. The van der Waals surface area contributed by atoms with E-state index in [9.17, 15) is 4.79 Å². The first kappa shape index (κ1) is 14.3. The minimum absolute atomic E-state index is 0.118. The highest BCUT2D eigenvalue weighted by atomic mass is 16.5. The van der Waals surface area contributed by atoms with Gasteiger partial charge in [0.1, 0.15) is 0 Å². The number of carbonyl (C=O) groups is 1. The first-order valence-corrected chi connectivity index (χ1v) is 5.20. The number of nitrogens with two attached hydrogens (primary N) is 1. The van der Waals surface area contributed by atoms with Crippen LogP contribution < -0.4 is 11.1 Å². The molecular formula is C10H22N2O3. The maximum Gasteiger partial charge on any atom is 0.237 e. The molecule has 0 aliphatic heterocycles. The maximum atomic E-state index is 11.4. The van der Waals surface area contributed by atoms with Crippen LogP contribution >= 0.6 is 0 Å². The fourth-order valence-corrected chi connectivity index (χ4v) is 1.18. The van der Waals surface area contributed by atoms with Crippen LogP contribution in [0, 0.1) is 0 Å². The number of hydrogen-bond acceptors (Lipinski definition) is 4. The minimum Gasteiger partial charge on any atom is -0.382 e.